The van der Waals surface area contributed by atoms with E-state index < -0.39 is 0 Å². The fraction of sp³-hybridized carbons (Fsp3) is 0.667. The van der Waals surface area contributed by atoms with Gasteiger partial charge in [-0.3, -0.25) is 9.69 Å². The Hall–Kier alpha value is -1.35. The summed E-state index contributed by atoms with van der Waals surface area (Å²) in [7, 11) is 0. The third-order valence-electron chi connectivity index (χ3n) is 6.37. The molecule has 0 radical (unpaired) electrons. The molecule has 1 aromatic carbocycles. The zero-order chi connectivity index (χ0) is 21.3. The highest BCUT2D eigenvalue weighted by molar-refractivity contribution is 14.0. The molecule has 1 amide bonds. The molecular formula is C24H40IN5O. The zero-order valence-electron chi connectivity index (χ0n) is 19.3. The lowest BCUT2D eigenvalue weighted by molar-refractivity contribution is 0.0939. The average molecular weight is 542 g/mol. The SMILES string of the molecule is CCNC(=NCc1ccc(C(=O)NC(C)CC)cc1)NC1CCN(C2CCCC2)C1.I. The number of benzene rings is 1. The minimum atomic E-state index is -0.0116. The van der Waals surface area contributed by atoms with Crippen molar-refractivity contribution in [3.63, 3.8) is 0 Å². The van der Waals surface area contributed by atoms with E-state index in [2.05, 4.69) is 34.7 Å². The Kier molecular flexibility index (Phi) is 11.1. The molecule has 1 saturated carbocycles. The molecule has 3 N–H and O–H groups in total. The van der Waals surface area contributed by atoms with Gasteiger partial charge in [0.1, 0.15) is 0 Å². The van der Waals surface area contributed by atoms with Crippen LogP contribution >= 0.6 is 24.0 Å². The number of hydrogen-bond donors (Lipinski definition) is 3. The van der Waals surface area contributed by atoms with Gasteiger partial charge in [0.15, 0.2) is 5.96 Å². The van der Waals surface area contributed by atoms with Crippen LogP contribution in [0.4, 0.5) is 0 Å². The first-order chi connectivity index (χ1) is 14.6. The van der Waals surface area contributed by atoms with Gasteiger partial charge in [-0.2, -0.15) is 0 Å². The van der Waals surface area contributed by atoms with Crippen LogP contribution in [-0.4, -0.2) is 54.5 Å². The molecule has 0 spiro atoms. The Morgan fingerprint density at radius 2 is 1.87 bits per heavy atom. The molecule has 2 atom stereocenters. The molecule has 1 heterocycles. The predicted octanol–water partition coefficient (Wildman–Crippen LogP) is 3.90. The Bertz CT molecular complexity index is 702. The highest BCUT2D eigenvalue weighted by Gasteiger charge is 2.30. The molecule has 0 aromatic heterocycles. The second-order valence-electron chi connectivity index (χ2n) is 8.74. The monoisotopic (exact) mass is 541 g/mol. The van der Waals surface area contributed by atoms with E-state index in [0.717, 1.165) is 37.1 Å². The van der Waals surface area contributed by atoms with Crippen molar-refractivity contribution in [2.75, 3.05) is 19.6 Å². The number of likely N-dealkylation sites (tertiary alicyclic amines) is 1. The third-order valence-corrected chi connectivity index (χ3v) is 6.37. The summed E-state index contributed by atoms with van der Waals surface area (Å²) in [4.78, 5) is 19.7. The Labute approximate surface area is 205 Å². The lowest BCUT2D eigenvalue weighted by Crippen LogP contribution is -2.45. The number of hydrogen-bond acceptors (Lipinski definition) is 3. The van der Waals surface area contributed by atoms with Crippen LogP contribution in [0, 0.1) is 0 Å². The molecule has 1 aromatic rings. The Balaban J connectivity index is 0.00000341. The molecule has 2 unspecified atom stereocenters. The van der Waals surface area contributed by atoms with Crippen LogP contribution in [0.3, 0.4) is 0 Å². The molecule has 1 aliphatic carbocycles. The van der Waals surface area contributed by atoms with Crippen molar-refractivity contribution in [2.45, 2.75) is 84.0 Å². The van der Waals surface area contributed by atoms with Crippen molar-refractivity contribution in [3.8, 4) is 0 Å². The highest BCUT2D eigenvalue weighted by atomic mass is 127. The van der Waals surface area contributed by atoms with Gasteiger partial charge >= 0.3 is 0 Å². The van der Waals surface area contributed by atoms with Crippen molar-refractivity contribution in [1.29, 1.82) is 0 Å². The van der Waals surface area contributed by atoms with Gasteiger partial charge in [-0.15, -0.1) is 24.0 Å². The highest BCUT2D eigenvalue weighted by Crippen LogP contribution is 2.26. The van der Waals surface area contributed by atoms with Crippen molar-refractivity contribution in [3.05, 3.63) is 35.4 Å². The number of nitrogens with one attached hydrogen (secondary N) is 3. The molecule has 3 rings (SSSR count). The minimum absolute atomic E-state index is 0. The van der Waals surface area contributed by atoms with Crippen molar-refractivity contribution in [2.24, 2.45) is 4.99 Å². The van der Waals surface area contributed by atoms with E-state index >= 15 is 0 Å². The molecule has 1 saturated heterocycles. The largest absolute Gasteiger partial charge is 0.357 e. The average Bonchev–Trinajstić information content (AvgIpc) is 3.44. The third kappa shape index (κ3) is 7.93. The van der Waals surface area contributed by atoms with Gasteiger partial charge < -0.3 is 16.0 Å². The van der Waals surface area contributed by atoms with E-state index in [-0.39, 0.29) is 35.9 Å². The molecular weight excluding hydrogens is 501 g/mol. The van der Waals surface area contributed by atoms with Crippen LogP contribution in [0.5, 0.6) is 0 Å². The standard InChI is InChI=1S/C24H39N5O.HI/c1-4-18(3)27-23(30)20-12-10-19(11-13-20)16-26-24(25-5-2)28-21-14-15-29(17-21)22-8-6-7-9-22;/h10-13,18,21-22H,4-9,14-17H2,1-3H3,(H,27,30)(H2,25,26,28);1H. The number of rotatable bonds is 8. The first kappa shape index (κ1) is 25.9. The van der Waals surface area contributed by atoms with Gasteiger partial charge in [-0.1, -0.05) is 31.9 Å². The van der Waals surface area contributed by atoms with E-state index in [1.165, 1.54) is 38.6 Å². The number of carbonyl (C=O) groups is 1. The van der Waals surface area contributed by atoms with Gasteiger partial charge in [-0.25, -0.2) is 4.99 Å². The molecule has 2 aliphatic rings. The summed E-state index contributed by atoms with van der Waals surface area (Å²) < 4.78 is 0. The van der Waals surface area contributed by atoms with Crippen LogP contribution in [0.25, 0.3) is 0 Å². The van der Waals surface area contributed by atoms with Crippen molar-refractivity contribution < 1.29 is 4.79 Å². The molecule has 31 heavy (non-hydrogen) atoms. The Morgan fingerprint density at radius 3 is 2.52 bits per heavy atom. The summed E-state index contributed by atoms with van der Waals surface area (Å²) in [6, 6.07) is 9.23. The van der Waals surface area contributed by atoms with Crippen LogP contribution in [0.1, 0.15) is 75.2 Å². The summed E-state index contributed by atoms with van der Waals surface area (Å²) in [5, 5.41) is 10.0. The maximum absolute atomic E-state index is 12.2. The molecule has 7 heteroatoms. The zero-order valence-corrected chi connectivity index (χ0v) is 21.7. The second-order valence-corrected chi connectivity index (χ2v) is 8.74. The van der Waals surface area contributed by atoms with Gasteiger partial charge in [0.25, 0.3) is 5.91 Å². The molecule has 0 bridgehead atoms. The summed E-state index contributed by atoms with van der Waals surface area (Å²) in [5.41, 5.74) is 1.80. The molecule has 6 nitrogen and oxygen atoms in total. The number of guanidine groups is 1. The fourth-order valence-electron chi connectivity index (χ4n) is 4.36. The topological polar surface area (TPSA) is 68.8 Å². The smallest absolute Gasteiger partial charge is 0.251 e. The van der Waals surface area contributed by atoms with E-state index in [9.17, 15) is 4.79 Å². The fourth-order valence-corrected chi connectivity index (χ4v) is 4.36. The lowest BCUT2D eigenvalue weighted by atomic mass is 10.1. The van der Waals surface area contributed by atoms with Crippen LogP contribution in [-0.2, 0) is 6.54 Å². The summed E-state index contributed by atoms with van der Waals surface area (Å²) in [6.45, 7) is 9.95. The van der Waals surface area contributed by atoms with Crippen LogP contribution in [0.15, 0.2) is 29.3 Å². The molecule has 1 aliphatic heterocycles. The quantitative estimate of drug-likeness (QED) is 0.265. The summed E-state index contributed by atoms with van der Waals surface area (Å²) in [5.74, 6) is 0.872. The number of carbonyl (C=O) groups excluding carboxylic acids is 1. The first-order valence-electron chi connectivity index (χ1n) is 11.8. The maximum atomic E-state index is 12.2. The maximum Gasteiger partial charge on any atom is 0.251 e. The van der Waals surface area contributed by atoms with Gasteiger partial charge in [0, 0.05) is 43.3 Å². The van der Waals surface area contributed by atoms with Gasteiger partial charge in [-0.05, 0) is 57.2 Å². The van der Waals surface area contributed by atoms with Crippen molar-refractivity contribution >= 4 is 35.8 Å². The number of aliphatic imine (C=N–C) groups is 1. The van der Waals surface area contributed by atoms with Gasteiger partial charge in [0.2, 0.25) is 0 Å². The lowest BCUT2D eigenvalue weighted by Gasteiger charge is -2.24. The minimum Gasteiger partial charge on any atom is -0.357 e. The molecule has 2 fully saturated rings. The van der Waals surface area contributed by atoms with Crippen LogP contribution < -0.4 is 16.0 Å². The Morgan fingerprint density at radius 1 is 1.16 bits per heavy atom. The predicted molar refractivity (Wildman–Crippen MR) is 139 cm³/mol. The molecule has 174 valence electrons. The van der Waals surface area contributed by atoms with Gasteiger partial charge in [0.05, 0.1) is 6.54 Å². The number of amides is 1. The van der Waals surface area contributed by atoms with E-state index in [1.54, 1.807) is 0 Å². The van der Waals surface area contributed by atoms with E-state index in [0.29, 0.717) is 18.2 Å². The number of halogens is 1. The van der Waals surface area contributed by atoms with Crippen LogP contribution in [0.2, 0.25) is 0 Å². The summed E-state index contributed by atoms with van der Waals surface area (Å²) >= 11 is 0. The van der Waals surface area contributed by atoms with E-state index in [4.69, 9.17) is 4.99 Å². The number of nitrogens with zero attached hydrogens (tertiary/aromatic N) is 2. The second kappa shape index (κ2) is 13.3. The summed E-state index contributed by atoms with van der Waals surface area (Å²) in [6.07, 6.45) is 7.63. The van der Waals surface area contributed by atoms with Crippen molar-refractivity contribution in [1.82, 2.24) is 20.9 Å². The first-order valence-corrected chi connectivity index (χ1v) is 11.8. The van der Waals surface area contributed by atoms with E-state index in [1.807, 2.05) is 31.2 Å². The normalized spacial score (nSPS) is 20.9.